The average Bonchev–Trinajstić information content (AvgIpc) is 3.22. The summed E-state index contributed by atoms with van der Waals surface area (Å²) in [5.41, 5.74) is 5.39. The molecule has 1 unspecified atom stereocenters. The monoisotopic (exact) mass is 501 g/mol. The van der Waals surface area contributed by atoms with Crippen molar-refractivity contribution in [3.63, 3.8) is 0 Å². The van der Waals surface area contributed by atoms with Crippen molar-refractivity contribution >= 4 is 24.8 Å². The van der Waals surface area contributed by atoms with Gasteiger partial charge in [0.25, 0.3) is 0 Å². The third-order valence-electron chi connectivity index (χ3n) is 6.87. The Labute approximate surface area is 220 Å². The predicted octanol–water partition coefficient (Wildman–Crippen LogP) is 4.89. The van der Waals surface area contributed by atoms with E-state index in [1.165, 1.54) is 21.7 Å². The van der Waals surface area contributed by atoms with Gasteiger partial charge in [-0.05, 0) is 86.9 Å². The van der Waals surface area contributed by atoms with Gasteiger partial charge in [-0.2, -0.15) is 0 Å². The molecule has 0 fully saturated rings. The van der Waals surface area contributed by atoms with Crippen molar-refractivity contribution in [2.45, 2.75) is 47.0 Å². The highest BCUT2D eigenvalue weighted by Gasteiger charge is 2.14. The predicted molar refractivity (Wildman–Crippen MR) is 152 cm³/mol. The van der Waals surface area contributed by atoms with Crippen LogP contribution in [0.5, 0.6) is 5.75 Å². The van der Waals surface area contributed by atoms with Crippen molar-refractivity contribution in [2.24, 2.45) is 18.0 Å². The molecule has 1 aliphatic carbocycles. The highest BCUT2D eigenvalue weighted by atomic mass is 16.5. The van der Waals surface area contributed by atoms with Crippen LogP contribution in [0.1, 0.15) is 56.0 Å². The molecule has 1 aromatic carbocycles. The lowest BCUT2D eigenvalue weighted by Crippen LogP contribution is -2.27. The lowest BCUT2D eigenvalue weighted by molar-refractivity contribution is 0.0695. The lowest BCUT2D eigenvalue weighted by Gasteiger charge is -2.19. The SMILES string of the molecule is C=NC1=C(NCCOc2ccc(C)c(C(=O)O)c2)/C=C(/CC)CC/C(C(C)/C=c2/ccn(C)/c2=C/C)=C\1. The number of ether oxygens (including phenoxy) is 1. The summed E-state index contributed by atoms with van der Waals surface area (Å²) >= 11 is 0. The maximum Gasteiger partial charge on any atom is 0.336 e. The van der Waals surface area contributed by atoms with Gasteiger partial charge in [0.1, 0.15) is 12.4 Å². The van der Waals surface area contributed by atoms with Crippen molar-refractivity contribution in [1.82, 2.24) is 9.88 Å². The summed E-state index contributed by atoms with van der Waals surface area (Å²) in [5.74, 6) is -0.159. The number of allylic oxidation sites excluding steroid dienone is 4. The Morgan fingerprint density at radius 1 is 1.30 bits per heavy atom. The topological polar surface area (TPSA) is 75.8 Å². The van der Waals surface area contributed by atoms with E-state index in [0.29, 0.717) is 24.5 Å². The molecule has 0 bridgehead atoms. The van der Waals surface area contributed by atoms with Gasteiger partial charge in [-0.3, -0.25) is 4.99 Å². The molecular formula is C31H39N3O3. The number of nitrogens with zero attached hydrogens (tertiary/aromatic N) is 2. The number of hydrogen-bond acceptors (Lipinski definition) is 4. The summed E-state index contributed by atoms with van der Waals surface area (Å²) in [6.07, 6.45) is 13.8. The quantitative estimate of drug-likeness (QED) is 0.359. The Morgan fingerprint density at radius 3 is 2.76 bits per heavy atom. The highest BCUT2D eigenvalue weighted by molar-refractivity contribution is 5.89. The standard InChI is InChI=1S/C31H39N3O3/c1-7-23-10-11-24(22(4)17-25-13-15-34(6)30(25)8-2)19-28(32-5)29(18-23)33-14-16-37-26-12-9-21(3)27(20-26)31(35)36/h8-9,12-13,15,17-20,22,33H,5,7,10-11,14,16H2,1-4,6H3,(H,35,36)/b23-18-,24-19+,25-17-,29-28-,30-8+. The van der Waals surface area contributed by atoms with Crippen LogP contribution in [0.15, 0.2) is 70.1 Å². The van der Waals surface area contributed by atoms with E-state index in [-0.39, 0.29) is 11.5 Å². The van der Waals surface area contributed by atoms with E-state index in [1.54, 1.807) is 25.1 Å². The fourth-order valence-corrected chi connectivity index (χ4v) is 4.62. The Hall–Kier alpha value is -3.80. The summed E-state index contributed by atoms with van der Waals surface area (Å²) < 4.78 is 7.97. The summed E-state index contributed by atoms with van der Waals surface area (Å²) in [7, 11) is 2.07. The molecule has 3 rings (SSSR count). The van der Waals surface area contributed by atoms with E-state index < -0.39 is 5.97 Å². The second-order valence-electron chi connectivity index (χ2n) is 9.40. The fraction of sp³-hybridized carbons (Fsp3) is 0.355. The van der Waals surface area contributed by atoms with Crippen LogP contribution < -0.4 is 20.6 Å². The van der Waals surface area contributed by atoms with E-state index in [0.717, 1.165) is 30.7 Å². The first-order valence-corrected chi connectivity index (χ1v) is 12.9. The number of carboxylic acids is 1. The lowest BCUT2D eigenvalue weighted by atomic mass is 9.90. The number of rotatable bonds is 10. The van der Waals surface area contributed by atoms with Crippen LogP contribution >= 0.6 is 0 Å². The number of aromatic nitrogens is 1. The zero-order chi connectivity index (χ0) is 26.9. The molecule has 6 nitrogen and oxygen atoms in total. The molecule has 1 atom stereocenters. The Kier molecular flexibility index (Phi) is 9.72. The minimum Gasteiger partial charge on any atom is -0.492 e. The molecule has 0 spiro atoms. The molecule has 1 aromatic heterocycles. The Bertz CT molecular complexity index is 1360. The normalized spacial score (nSPS) is 20.8. The molecule has 37 heavy (non-hydrogen) atoms. The minimum atomic E-state index is -0.954. The van der Waals surface area contributed by atoms with Crippen LogP contribution in [0.4, 0.5) is 0 Å². The number of benzene rings is 1. The van der Waals surface area contributed by atoms with E-state index in [1.807, 2.05) is 0 Å². The fourth-order valence-electron chi connectivity index (χ4n) is 4.62. The minimum absolute atomic E-state index is 0.253. The molecule has 6 heteroatoms. The number of aliphatic imine (C=N–C) groups is 1. The Morgan fingerprint density at radius 2 is 2.08 bits per heavy atom. The smallest absolute Gasteiger partial charge is 0.336 e. The van der Waals surface area contributed by atoms with Crippen LogP contribution in [0, 0.1) is 12.8 Å². The van der Waals surface area contributed by atoms with Gasteiger partial charge in [0.15, 0.2) is 0 Å². The molecule has 0 aliphatic heterocycles. The molecule has 2 aromatic rings. The first kappa shape index (κ1) is 27.8. The molecule has 0 saturated heterocycles. The van der Waals surface area contributed by atoms with Crippen molar-refractivity contribution in [3.05, 3.63) is 86.8 Å². The van der Waals surface area contributed by atoms with Crippen molar-refractivity contribution in [3.8, 4) is 5.75 Å². The van der Waals surface area contributed by atoms with Crippen LogP contribution in [-0.4, -0.2) is 35.5 Å². The third-order valence-corrected chi connectivity index (χ3v) is 6.87. The summed E-state index contributed by atoms with van der Waals surface area (Å²) in [6, 6.07) is 7.29. The molecule has 0 radical (unpaired) electrons. The third kappa shape index (κ3) is 7.13. The molecule has 0 amide bonds. The number of nitrogens with one attached hydrogen (secondary N) is 1. The number of carboxylic acid groups (broad SMARTS) is 1. The zero-order valence-electron chi connectivity index (χ0n) is 22.7. The van der Waals surface area contributed by atoms with Crippen molar-refractivity contribution in [2.75, 3.05) is 13.2 Å². The maximum absolute atomic E-state index is 11.4. The number of aromatic carboxylic acids is 1. The average molecular weight is 502 g/mol. The van der Waals surface area contributed by atoms with Crippen LogP contribution in [0.2, 0.25) is 0 Å². The molecule has 1 heterocycles. The first-order chi connectivity index (χ1) is 17.8. The van der Waals surface area contributed by atoms with Gasteiger partial charge in [-0.25, -0.2) is 4.79 Å². The van der Waals surface area contributed by atoms with E-state index in [4.69, 9.17) is 4.74 Å². The van der Waals surface area contributed by atoms with Gasteiger partial charge < -0.3 is 19.7 Å². The number of carbonyl (C=O) groups is 1. The first-order valence-electron chi connectivity index (χ1n) is 12.9. The van der Waals surface area contributed by atoms with E-state index in [2.05, 4.69) is 86.0 Å². The van der Waals surface area contributed by atoms with Gasteiger partial charge in [-0.15, -0.1) is 0 Å². The molecule has 196 valence electrons. The van der Waals surface area contributed by atoms with Crippen LogP contribution in [0.25, 0.3) is 12.2 Å². The second-order valence-corrected chi connectivity index (χ2v) is 9.40. The number of aryl methyl sites for hydroxylation is 2. The van der Waals surface area contributed by atoms with E-state index >= 15 is 0 Å². The van der Waals surface area contributed by atoms with Gasteiger partial charge >= 0.3 is 5.97 Å². The van der Waals surface area contributed by atoms with Gasteiger partial charge in [0.05, 0.1) is 17.0 Å². The number of hydrogen-bond donors (Lipinski definition) is 2. The van der Waals surface area contributed by atoms with Crippen molar-refractivity contribution in [1.29, 1.82) is 0 Å². The molecule has 1 aliphatic rings. The molecular weight excluding hydrogens is 462 g/mol. The largest absolute Gasteiger partial charge is 0.492 e. The highest BCUT2D eigenvalue weighted by Crippen LogP contribution is 2.28. The molecule has 2 N–H and O–H groups in total. The summed E-state index contributed by atoms with van der Waals surface area (Å²) in [5, 5.41) is 15.3. The van der Waals surface area contributed by atoms with Gasteiger partial charge in [-0.1, -0.05) is 43.2 Å². The van der Waals surface area contributed by atoms with Crippen LogP contribution in [0.3, 0.4) is 0 Å². The second kappa shape index (κ2) is 12.9. The zero-order valence-corrected chi connectivity index (χ0v) is 22.7. The van der Waals surface area contributed by atoms with Gasteiger partial charge in [0.2, 0.25) is 0 Å². The summed E-state index contributed by atoms with van der Waals surface area (Å²) in [6.45, 7) is 13.0. The van der Waals surface area contributed by atoms with Crippen molar-refractivity contribution < 1.29 is 14.6 Å². The summed E-state index contributed by atoms with van der Waals surface area (Å²) in [4.78, 5) is 15.8. The molecule has 0 saturated carbocycles. The van der Waals surface area contributed by atoms with Crippen LogP contribution in [-0.2, 0) is 7.05 Å². The Balaban J connectivity index is 1.81. The van der Waals surface area contributed by atoms with E-state index in [9.17, 15) is 9.90 Å². The maximum atomic E-state index is 11.4. The van der Waals surface area contributed by atoms with Gasteiger partial charge in [0, 0.05) is 25.1 Å².